The van der Waals surface area contributed by atoms with Crippen molar-refractivity contribution in [3.63, 3.8) is 0 Å². The number of rotatable bonds is 10. The first-order valence-electron chi connectivity index (χ1n) is 14.5. The molecule has 0 spiro atoms. The molecule has 2 aromatic carbocycles. The number of hydrogen-bond donors (Lipinski definition) is 1. The number of ether oxygens (including phenoxy) is 2. The fraction of sp³-hybridized carbons (Fsp3) is 0.333. The summed E-state index contributed by atoms with van der Waals surface area (Å²) in [6.07, 6.45) is 3.86. The molecule has 0 atom stereocenters. The first-order chi connectivity index (χ1) is 21.3. The van der Waals surface area contributed by atoms with Crippen molar-refractivity contribution >= 4 is 34.1 Å². The fourth-order valence-electron chi connectivity index (χ4n) is 5.40. The summed E-state index contributed by atoms with van der Waals surface area (Å²) in [4.78, 5) is 26.6. The maximum Gasteiger partial charge on any atom is 0.334 e. The van der Waals surface area contributed by atoms with Gasteiger partial charge < -0.3 is 19.4 Å². The molecule has 1 aliphatic rings. The number of aromatic nitrogens is 2. The van der Waals surface area contributed by atoms with E-state index in [0.717, 1.165) is 49.1 Å². The second kappa shape index (κ2) is 13.3. The first-order valence-corrected chi connectivity index (χ1v) is 14.5. The van der Waals surface area contributed by atoms with E-state index in [4.69, 9.17) is 9.47 Å². The molecule has 2 aromatic heterocycles. The highest BCUT2D eigenvalue weighted by Crippen LogP contribution is 2.44. The number of urea groups is 1. The number of nitrogens with zero attached hydrogens (tertiary/aromatic N) is 4. The van der Waals surface area contributed by atoms with E-state index in [1.54, 1.807) is 6.20 Å². The number of aromatic amines is 1. The van der Waals surface area contributed by atoms with Crippen LogP contribution >= 0.6 is 0 Å². The van der Waals surface area contributed by atoms with E-state index < -0.39 is 29.2 Å². The third kappa shape index (κ3) is 5.90. The predicted molar refractivity (Wildman–Crippen MR) is 164 cm³/mol. The van der Waals surface area contributed by atoms with E-state index in [2.05, 4.69) is 40.6 Å². The first kappa shape index (κ1) is 30.8. The van der Waals surface area contributed by atoms with Gasteiger partial charge in [0.1, 0.15) is 17.2 Å². The maximum atomic E-state index is 15.6. The number of carbonyl (C=O) groups excluding carboxylic acids is 1. The van der Waals surface area contributed by atoms with E-state index in [1.807, 2.05) is 6.07 Å². The van der Waals surface area contributed by atoms with Gasteiger partial charge in [0.2, 0.25) is 0 Å². The van der Waals surface area contributed by atoms with Crippen LogP contribution < -0.4 is 19.3 Å². The minimum absolute atomic E-state index is 0.190. The van der Waals surface area contributed by atoms with Crippen molar-refractivity contribution in [3.8, 4) is 23.3 Å². The van der Waals surface area contributed by atoms with Gasteiger partial charge in [-0.15, -0.1) is 5.92 Å². The Morgan fingerprint density at radius 3 is 2.32 bits per heavy atom. The second-order valence-corrected chi connectivity index (χ2v) is 10.3. The smallest absolute Gasteiger partial charge is 0.334 e. The van der Waals surface area contributed by atoms with Crippen molar-refractivity contribution in [2.75, 3.05) is 43.7 Å². The summed E-state index contributed by atoms with van der Waals surface area (Å²) in [5.74, 6) is 3.25. The molecule has 3 heterocycles. The number of benzene rings is 2. The minimum Gasteiger partial charge on any atom is -0.493 e. The summed E-state index contributed by atoms with van der Waals surface area (Å²) < 4.78 is 55.3. The summed E-state index contributed by atoms with van der Waals surface area (Å²) in [6, 6.07) is 7.50. The molecule has 44 heavy (non-hydrogen) atoms. The number of methoxy groups -OCH3 is 2. The van der Waals surface area contributed by atoms with Crippen LogP contribution in [0.25, 0.3) is 11.0 Å². The largest absolute Gasteiger partial charge is 0.493 e. The number of hydrogen-bond acceptors (Lipinski definition) is 5. The summed E-state index contributed by atoms with van der Waals surface area (Å²) >= 11 is 0. The van der Waals surface area contributed by atoms with Crippen molar-refractivity contribution in [1.82, 2.24) is 14.9 Å². The zero-order chi connectivity index (χ0) is 31.4. The normalized spacial score (nSPS) is 12.9. The third-order valence-corrected chi connectivity index (χ3v) is 7.58. The lowest BCUT2D eigenvalue weighted by Gasteiger charge is -2.37. The average Bonchev–Trinajstić information content (AvgIpc) is 3.45. The molecule has 0 unspecified atom stereocenters. The third-order valence-electron chi connectivity index (χ3n) is 7.58. The van der Waals surface area contributed by atoms with E-state index in [0.29, 0.717) is 34.4 Å². The maximum absolute atomic E-state index is 15.6. The number of amides is 2. The van der Waals surface area contributed by atoms with Gasteiger partial charge in [-0.3, -0.25) is 9.80 Å². The molecule has 0 radical (unpaired) electrons. The predicted octanol–water partition coefficient (Wildman–Crippen LogP) is 6.94. The molecule has 0 aliphatic carbocycles. The monoisotopic (exact) mass is 605 g/mol. The number of carbonyl (C=O) groups is 1. The highest BCUT2D eigenvalue weighted by molar-refractivity contribution is 6.15. The molecule has 2 amide bonds. The van der Waals surface area contributed by atoms with Crippen molar-refractivity contribution in [2.24, 2.45) is 0 Å². The topological polar surface area (TPSA) is 73.9 Å². The molecule has 0 bridgehead atoms. The van der Waals surface area contributed by atoms with Gasteiger partial charge in [0, 0.05) is 48.3 Å². The van der Waals surface area contributed by atoms with Crippen LogP contribution in [-0.4, -0.2) is 54.8 Å². The van der Waals surface area contributed by atoms with Gasteiger partial charge in [-0.05, 0) is 49.8 Å². The number of anilines is 3. The van der Waals surface area contributed by atoms with Crippen LogP contribution in [0, 0.1) is 29.3 Å². The van der Waals surface area contributed by atoms with Gasteiger partial charge in [-0.2, -0.15) is 0 Å². The van der Waals surface area contributed by atoms with Crippen LogP contribution in [0.5, 0.6) is 11.5 Å². The van der Waals surface area contributed by atoms with Crippen LogP contribution in [0.2, 0.25) is 0 Å². The number of pyridine rings is 1. The van der Waals surface area contributed by atoms with E-state index >= 15 is 8.78 Å². The molecule has 0 saturated carbocycles. The zero-order valence-corrected chi connectivity index (χ0v) is 25.1. The van der Waals surface area contributed by atoms with E-state index in [1.165, 1.54) is 43.4 Å². The zero-order valence-electron chi connectivity index (χ0n) is 25.1. The van der Waals surface area contributed by atoms with Crippen LogP contribution in [0.3, 0.4) is 0 Å². The van der Waals surface area contributed by atoms with Crippen LogP contribution in [-0.2, 0) is 13.0 Å². The Morgan fingerprint density at radius 1 is 0.977 bits per heavy atom. The lowest BCUT2D eigenvalue weighted by atomic mass is 10.1. The summed E-state index contributed by atoms with van der Waals surface area (Å²) in [5.41, 5.74) is 2.00. The average molecular weight is 606 g/mol. The molecule has 4 aromatic rings. The van der Waals surface area contributed by atoms with Gasteiger partial charge in [0.05, 0.1) is 32.1 Å². The highest BCUT2D eigenvalue weighted by atomic mass is 19.1. The number of fused-ring (bicyclic) bond motifs is 3. The van der Waals surface area contributed by atoms with Gasteiger partial charge in [0.15, 0.2) is 23.1 Å². The molecular weight excluding hydrogens is 571 g/mol. The fourth-order valence-corrected chi connectivity index (χ4v) is 5.40. The summed E-state index contributed by atoms with van der Waals surface area (Å²) in [5, 5.41) is 0.626. The molecule has 0 saturated heterocycles. The number of nitrogens with one attached hydrogen (secondary N) is 1. The highest BCUT2D eigenvalue weighted by Gasteiger charge is 2.38. The molecule has 8 nitrogen and oxygen atoms in total. The Bertz CT molecular complexity index is 1700. The SMILES string of the molecule is CCCN(CC)CCC#CCc1cc2c3c(cnc2[nH]1)CN(c1c(F)c(OC)cc(OC)c1F)C(=O)N3c1ccc(F)cc1. The van der Waals surface area contributed by atoms with E-state index in [-0.39, 0.29) is 18.0 Å². The van der Waals surface area contributed by atoms with Crippen molar-refractivity contribution in [3.05, 3.63) is 71.3 Å². The second-order valence-electron chi connectivity index (χ2n) is 10.3. The lowest BCUT2D eigenvalue weighted by molar-refractivity contribution is 0.251. The number of halogens is 3. The molecule has 11 heteroatoms. The van der Waals surface area contributed by atoms with Crippen molar-refractivity contribution < 1.29 is 27.4 Å². The lowest BCUT2D eigenvalue weighted by Crippen LogP contribution is -2.46. The van der Waals surface area contributed by atoms with Crippen molar-refractivity contribution in [1.29, 1.82) is 0 Å². The van der Waals surface area contributed by atoms with Crippen LogP contribution in [0.1, 0.15) is 37.9 Å². The minimum atomic E-state index is -1.06. The van der Waals surface area contributed by atoms with Crippen molar-refractivity contribution in [2.45, 2.75) is 39.7 Å². The van der Waals surface area contributed by atoms with Gasteiger partial charge in [0.25, 0.3) is 0 Å². The van der Waals surface area contributed by atoms with Gasteiger partial charge >= 0.3 is 6.03 Å². The van der Waals surface area contributed by atoms with Crippen LogP contribution in [0.15, 0.2) is 42.6 Å². The standard InChI is InChI=1S/C33H34F3N5O3/c1-5-15-39(6-2)16-9-7-8-10-23-17-25-30-21(19-37-32(25)38-23)20-40(33(42)41(30)24-13-11-22(34)12-14-24)31-28(35)26(43-3)18-27(44-4)29(31)36/h11-14,17-19H,5-6,9-10,15-16,20H2,1-4H3,(H,37,38). The Hall–Kier alpha value is -4.69. The molecular formula is C33H34F3N5O3. The van der Waals surface area contributed by atoms with Gasteiger partial charge in [-0.1, -0.05) is 19.8 Å². The van der Waals surface area contributed by atoms with E-state index in [9.17, 15) is 9.18 Å². The Morgan fingerprint density at radius 2 is 1.68 bits per heavy atom. The summed E-state index contributed by atoms with van der Waals surface area (Å²) in [6.45, 7) is 7.05. The number of H-pyrrole nitrogens is 1. The Balaban J connectivity index is 1.56. The quantitative estimate of drug-likeness (QED) is 0.198. The molecule has 230 valence electrons. The van der Waals surface area contributed by atoms with Crippen LogP contribution in [0.4, 0.5) is 35.0 Å². The Labute approximate surface area is 254 Å². The summed E-state index contributed by atoms with van der Waals surface area (Å²) in [7, 11) is 2.47. The Kier molecular flexibility index (Phi) is 9.30. The molecule has 5 rings (SSSR count). The molecule has 1 aliphatic heterocycles. The molecule has 0 fully saturated rings. The molecule has 1 N–H and O–H groups in total. The van der Waals surface area contributed by atoms with Gasteiger partial charge in [-0.25, -0.2) is 22.9 Å².